The van der Waals surface area contributed by atoms with Gasteiger partial charge in [-0.05, 0) is 30.9 Å². The summed E-state index contributed by atoms with van der Waals surface area (Å²) >= 11 is 6.40. The molecule has 0 aliphatic carbocycles. The van der Waals surface area contributed by atoms with Crippen LogP contribution in [0.3, 0.4) is 0 Å². The molecule has 1 atom stereocenters. The van der Waals surface area contributed by atoms with Crippen molar-refractivity contribution >= 4 is 23.4 Å². The summed E-state index contributed by atoms with van der Waals surface area (Å²) in [6.45, 7) is 7.08. The zero-order valence-electron chi connectivity index (χ0n) is 15.0. The van der Waals surface area contributed by atoms with Crippen molar-refractivity contribution in [1.29, 1.82) is 0 Å². The summed E-state index contributed by atoms with van der Waals surface area (Å²) < 4.78 is 2.04. The predicted octanol–water partition coefficient (Wildman–Crippen LogP) is 2.66. The summed E-state index contributed by atoms with van der Waals surface area (Å²) in [6.07, 6.45) is 5.30. The summed E-state index contributed by atoms with van der Waals surface area (Å²) in [5.74, 6) is 0.477. The van der Waals surface area contributed by atoms with E-state index < -0.39 is 0 Å². The highest BCUT2D eigenvalue weighted by Crippen LogP contribution is 2.39. The van der Waals surface area contributed by atoms with Gasteiger partial charge in [-0.25, -0.2) is 9.78 Å². The molecule has 138 valence electrons. The van der Waals surface area contributed by atoms with E-state index in [9.17, 15) is 4.79 Å². The number of hydrogen-bond acceptors (Lipinski definition) is 4. The van der Waals surface area contributed by atoms with Crippen LogP contribution in [0.5, 0.6) is 0 Å². The molecule has 2 amide bonds. The van der Waals surface area contributed by atoms with Crippen LogP contribution in [0.4, 0.5) is 10.6 Å². The maximum absolute atomic E-state index is 12.2. The number of carbonyl (C=O) groups is 1. The molecule has 0 unspecified atom stereocenters. The first-order valence-corrected chi connectivity index (χ1v) is 9.28. The van der Waals surface area contributed by atoms with E-state index in [1.54, 1.807) is 6.20 Å². The van der Waals surface area contributed by atoms with Crippen LogP contribution in [0.25, 0.3) is 11.1 Å². The second-order valence-electron chi connectivity index (χ2n) is 7.84. The minimum atomic E-state index is -0.249. The van der Waals surface area contributed by atoms with Gasteiger partial charge in [-0.1, -0.05) is 25.4 Å². The first-order chi connectivity index (χ1) is 12.4. The van der Waals surface area contributed by atoms with E-state index in [1.165, 1.54) is 5.69 Å². The molecule has 2 aliphatic rings. The van der Waals surface area contributed by atoms with Gasteiger partial charge in [0.15, 0.2) is 0 Å². The van der Waals surface area contributed by atoms with Gasteiger partial charge in [0.05, 0.1) is 11.2 Å². The van der Waals surface area contributed by atoms with Crippen LogP contribution in [0.2, 0.25) is 5.02 Å². The van der Waals surface area contributed by atoms with Crippen molar-refractivity contribution < 1.29 is 4.79 Å². The van der Waals surface area contributed by atoms with Gasteiger partial charge < -0.3 is 10.6 Å². The number of pyridine rings is 1. The third-order valence-corrected chi connectivity index (χ3v) is 5.26. The number of rotatable bonds is 3. The number of amides is 2. The van der Waals surface area contributed by atoms with Crippen molar-refractivity contribution in [2.45, 2.75) is 39.3 Å². The number of carbonyl (C=O) groups excluding carboxylic acids is 1. The quantitative estimate of drug-likeness (QED) is 0.771. The molecule has 4 rings (SSSR count). The summed E-state index contributed by atoms with van der Waals surface area (Å²) in [5.41, 5.74) is 3.22. The van der Waals surface area contributed by atoms with E-state index in [-0.39, 0.29) is 17.5 Å². The Labute approximate surface area is 157 Å². The van der Waals surface area contributed by atoms with Gasteiger partial charge in [0, 0.05) is 42.1 Å². The lowest BCUT2D eigenvalue weighted by atomic mass is 9.89. The van der Waals surface area contributed by atoms with Crippen molar-refractivity contribution in [3.8, 4) is 11.1 Å². The first-order valence-electron chi connectivity index (χ1n) is 8.90. The van der Waals surface area contributed by atoms with Crippen LogP contribution in [0.15, 0.2) is 18.5 Å². The summed E-state index contributed by atoms with van der Waals surface area (Å²) in [4.78, 5) is 16.4. The zero-order chi connectivity index (χ0) is 18.3. The molecule has 2 aliphatic heterocycles. The molecule has 8 heteroatoms. The second-order valence-corrected chi connectivity index (χ2v) is 8.25. The van der Waals surface area contributed by atoms with Gasteiger partial charge in [0.2, 0.25) is 0 Å². The molecule has 0 bridgehead atoms. The molecule has 0 spiro atoms. The first kappa shape index (κ1) is 17.3. The predicted molar refractivity (Wildman–Crippen MR) is 101 cm³/mol. The Kier molecular flexibility index (Phi) is 4.36. The Morgan fingerprint density at radius 2 is 2.23 bits per heavy atom. The van der Waals surface area contributed by atoms with Crippen LogP contribution in [-0.4, -0.2) is 39.9 Å². The number of fused-ring (bicyclic) bond motifs is 1. The smallest absolute Gasteiger partial charge is 0.320 e. The summed E-state index contributed by atoms with van der Waals surface area (Å²) in [7, 11) is 0. The SMILES string of the molecule is CC1(C)Cc2c(-c3cc(NC(=O)N[C@@H]4CCNC4)ncc3Cl)cnn2C1. The van der Waals surface area contributed by atoms with Crippen LogP contribution >= 0.6 is 11.6 Å². The molecule has 0 aromatic carbocycles. The van der Waals surface area contributed by atoms with E-state index >= 15 is 0 Å². The number of halogens is 1. The third-order valence-electron chi connectivity index (χ3n) is 4.96. The Bertz CT molecular complexity index is 840. The van der Waals surface area contributed by atoms with Crippen LogP contribution in [0, 0.1) is 5.41 Å². The molecule has 0 saturated carbocycles. The van der Waals surface area contributed by atoms with E-state index in [4.69, 9.17) is 11.6 Å². The van der Waals surface area contributed by atoms with Gasteiger partial charge in [-0.3, -0.25) is 10.00 Å². The number of anilines is 1. The lowest BCUT2D eigenvalue weighted by molar-refractivity contribution is 0.249. The molecular weight excluding hydrogens is 352 g/mol. The van der Waals surface area contributed by atoms with Crippen molar-refractivity contribution in [2.24, 2.45) is 5.41 Å². The molecule has 1 saturated heterocycles. The lowest BCUT2D eigenvalue weighted by Gasteiger charge is -2.15. The van der Waals surface area contributed by atoms with Crippen LogP contribution in [0.1, 0.15) is 26.0 Å². The van der Waals surface area contributed by atoms with Gasteiger partial charge in [-0.2, -0.15) is 5.10 Å². The van der Waals surface area contributed by atoms with E-state index in [2.05, 4.69) is 39.9 Å². The van der Waals surface area contributed by atoms with Crippen LogP contribution < -0.4 is 16.0 Å². The van der Waals surface area contributed by atoms with Crippen molar-refractivity contribution in [3.05, 3.63) is 29.2 Å². The minimum absolute atomic E-state index is 0.156. The Hall–Kier alpha value is -2.12. The second kappa shape index (κ2) is 6.55. The standard InChI is InChI=1S/C18H23ClN6O/c1-18(2)6-15-13(8-22-25(15)10-18)12-5-16(21-9-14(12)19)24-17(26)23-11-3-4-20-7-11/h5,8-9,11,20H,3-4,6-7,10H2,1-2H3,(H2,21,23,24,26)/t11-/m1/s1. The largest absolute Gasteiger partial charge is 0.334 e. The molecule has 2 aromatic rings. The third kappa shape index (κ3) is 3.41. The number of nitrogens with zero attached hydrogens (tertiary/aromatic N) is 3. The Balaban J connectivity index is 1.55. The monoisotopic (exact) mass is 374 g/mol. The van der Waals surface area contributed by atoms with Crippen molar-refractivity contribution in [2.75, 3.05) is 18.4 Å². The van der Waals surface area contributed by atoms with Crippen molar-refractivity contribution in [1.82, 2.24) is 25.4 Å². The minimum Gasteiger partial charge on any atom is -0.334 e. The van der Waals surface area contributed by atoms with Gasteiger partial charge in [0.1, 0.15) is 5.82 Å². The highest BCUT2D eigenvalue weighted by molar-refractivity contribution is 6.33. The fourth-order valence-corrected chi connectivity index (χ4v) is 3.91. The molecule has 2 aromatic heterocycles. The summed E-state index contributed by atoms with van der Waals surface area (Å²) in [6, 6.07) is 1.72. The van der Waals surface area contributed by atoms with E-state index in [0.717, 1.165) is 43.6 Å². The van der Waals surface area contributed by atoms with Crippen LogP contribution in [-0.2, 0) is 13.0 Å². The van der Waals surface area contributed by atoms with Gasteiger partial charge in [0.25, 0.3) is 0 Å². The van der Waals surface area contributed by atoms with Gasteiger partial charge >= 0.3 is 6.03 Å². The molecule has 26 heavy (non-hydrogen) atoms. The van der Waals surface area contributed by atoms with E-state index in [0.29, 0.717) is 10.8 Å². The highest BCUT2D eigenvalue weighted by Gasteiger charge is 2.32. The average molecular weight is 375 g/mol. The molecule has 3 N–H and O–H groups in total. The number of aromatic nitrogens is 3. The molecule has 1 fully saturated rings. The number of hydrogen-bond donors (Lipinski definition) is 3. The highest BCUT2D eigenvalue weighted by atomic mass is 35.5. The number of urea groups is 1. The number of nitrogens with one attached hydrogen (secondary N) is 3. The lowest BCUT2D eigenvalue weighted by Crippen LogP contribution is -2.39. The van der Waals surface area contributed by atoms with E-state index in [1.807, 2.05) is 16.9 Å². The Morgan fingerprint density at radius 1 is 1.38 bits per heavy atom. The van der Waals surface area contributed by atoms with Gasteiger partial charge in [-0.15, -0.1) is 0 Å². The maximum atomic E-state index is 12.2. The fourth-order valence-electron chi connectivity index (χ4n) is 3.70. The zero-order valence-corrected chi connectivity index (χ0v) is 15.7. The topological polar surface area (TPSA) is 83.9 Å². The molecule has 0 radical (unpaired) electrons. The molecule has 4 heterocycles. The molecule has 7 nitrogen and oxygen atoms in total. The van der Waals surface area contributed by atoms with Crippen molar-refractivity contribution in [3.63, 3.8) is 0 Å². The fraction of sp³-hybridized carbons (Fsp3) is 0.500. The average Bonchev–Trinajstić information content (AvgIpc) is 3.25. The Morgan fingerprint density at radius 3 is 3.00 bits per heavy atom. The normalized spacial score (nSPS) is 20.8. The molecular formula is C18H23ClN6O. The summed E-state index contributed by atoms with van der Waals surface area (Å²) in [5, 5.41) is 14.0. The maximum Gasteiger partial charge on any atom is 0.320 e.